The molecule has 0 heterocycles. The van der Waals surface area contributed by atoms with Gasteiger partial charge >= 0.3 is 0 Å². The summed E-state index contributed by atoms with van der Waals surface area (Å²) in [4.78, 5) is 0. The molecule has 0 aliphatic rings. The highest BCUT2D eigenvalue weighted by Crippen LogP contribution is 2.27. The van der Waals surface area contributed by atoms with Gasteiger partial charge in [0.1, 0.15) is 5.75 Å². The molecule has 2 nitrogen and oxygen atoms in total. The fourth-order valence-electron chi connectivity index (χ4n) is 1.16. The van der Waals surface area contributed by atoms with Crippen LogP contribution in [0.5, 0.6) is 5.75 Å². The van der Waals surface area contributed by atoms with Crippen LogP contribution >= 0.6 is 11.6 Å². The number of hydrogen-bond donors (Lipinski definition) is 1. The van der Waals surface area contributed by atoms with Crippen molar-refractivity contribution in [3.8, 4) is 11.8 Å². The smallest absolute Gasteiger partial charge is 0.134 e. The van der Waals surface area contributed by atoms with Crippen molar-refractivity contribution in [2.75, 3.05) is 0 Å². The number of phenolic OH excluding ortho intramolecular Hbond substituents is 1. The Morgan fingerprint density at radius 3 is 2.85 bits per heavy atom. The van der Waals surface area contributed by atoms with Crippen LogP contribution in [0.3, 0.4) is 0 Å². The van der Waals surface area contributed by atoms with Crippen LogP contribution in [-0.2, 0) is 6.42 Å². The SMILES string of the molecule is Cc1cc(Cl)c(O)cc1CCC#N. The molecule has 1 aromatic carbocycles. The highest BCUT2D eigenvalue weighted by Gasteiger charge is 2.04. The summed E-state index contributed by atoms with van der Waals surface area (Å²) in [6, 6.07) is 5.39. The Morgan fingerprint density at radius 2 is 2.23 bits per heavy atom. The van der Waals surface area contributed by atoms with Crippen molar-refractivity contribution in [2.24, 2.45) is 0 Å². The topological polar surface area (TPSA) is 44.0 Å². The summed E-state index contributed by atoms with van der Waals surface area (Å²) in [6.45, 7) is 1.91. The van der Waals surface area contributed by atoms with Gasteiger partial charge in [-0.05, 0) is 36.6 Å². The number of aromatic hydroxyl groups is 1. The summed E-state index contributed by atoms with van der Waals surface area (Å²) in [7, 11) is 0. The average Bonchev–Trinajstić information content (AvgIpc) is 2.09. The molecule has 0 unspecified atom stereocenters. The van der Waals surface area contributed by atoms with Crippen molar-refractivity contribution < 1.29 is 5.11 Å². The van der Waals surface area contributed by atoms with Crippen LogP contribution in [0.25, 0.3) is 0 Å². The van der Waals surface area contributed by atoms with Crippen molar-refractivity contribution >= 4 is 11.6 Å². The largest absolute Gasteiger partial charge is 0.506 e. The summed E-state index contributed by atoms with van der Waals surface area (Å²) < 4.78 is 0. The number of phenols is 1. The Kier molecular flexibility index (Phi) is 3.16. The summed E-state index contributed by atoms with van der Waals surface area (Å²) in [6.07, 6.45) is 1.12. The van der Waals surface area contributed by atoms with Crippen LogP contribution in [0.15, 0.2) is 12.1 Å². The van der Waals surface area contributed by atoms with E-state index in [1.54, 1.807) is 12.1 Å². The van der Waals surface area contributed by atoms with Crippen LogP contribution in [0.4, 0.5) is 0 Å². The second-order valence-corrected chi connectivity index (χ2v) is 3.30. The highest BCUT2D eigenvalue weighted by atomic mass is 35.5. The van der Waals surface area contributed by atoms with Gasteiger partial charge in [0.05, 0.1) is 11.1 Å². The van der Waals surface area contributed by atoms with Crippen LogP contribution in [-0.4, -0.2) is 5.11 Å². The molecule has 0 saturated heterocycles. The predicted octanol–water partition coefficient (Wildman–Crippen LogP) is 2.81. The summed E-state index contributed by atoms with van der Waals surface area (Å²) in [5.74, 6) is 0.0835. The lowest BCUT2D eigenvalue weighted by atomic mass is 10.0. The van der Waals surface area contributed by atoms with Gasteiger partial charge in [-0.15, -0.1) is 0 Å². The van der Waals surface area contributed by atoms with Crippen molar-refractivity contribution in [3.05, 3.63) is 28.3 Å². The van der Waals surface area contributed by atoms with Crippen LogP contribution in [0.2, 0.25) is 5.02 Å². The number of aryl methyl sites for hydroxylation is 2. The molecule has 0 saturated carbocycles. The van der Waals surface area contributed by atoms with Gasteiger partial charge in [0, 0.05) is 6.42 Å². The number of nitrogens with zero attached hydrogens (tertiary/aromatic N) is 1. The van der Waals surface area contributed by atoms with Crippen molar-refractivity contribution in [1.82, 2.24) is 0 Å². The van der Waals surface area contributed by atoms with E-state index in [0.29, 0.717) is 17.9 Å². The Bertz CT molecular complexity index is 355. The van der Waals surface area contributed by atoms with Gasteiger partial charge in [-0.25, -0.2) is 0 Å². The molecular weight excluding hydrogens is 186 g/mol. The summed E-state index contributed by atoms with van der Waals surface area (Å²) >= 11 is 5.70. The second-order valence-electron chi connectivity index (χ2n) is 2.89. The van der Waals surface area contributed by atoms with E-state index >= 15 is 0 Å². The molecule has 0 fully saturated rings. The molecule has 0 aliphatic carbocycles. The Labute approximate surface area is 82.4 Å². The summed E-state index contributed by atoms with van der Waals surface area (Å²) in [5.41, 5.74) is 1.99. The third-order valence-electron chi connectivity index (χ3n) is 1.91. The first-order chi connectivity index (χ1) is 6.15. The van der Waals surface area contributed by atoms with Gasteiger partial charge in [-0.1, -0.05) is 11.6 Å². The third-order valence-corrected chi connectivity index (χ3v) is 2.21. The molecule has 1 N–H and O–H groups in total. The molecule has 0 atom stereocenters. The molecule has 3 heteroatoms. The average molecular weight is 196 g/mol. The highest BCUT2D eigenvalue weighted by molar-refractivity contribution is 6.32. The molecule has 0 radical (unpaired) electrons. The van der Waals surface area contributed by atoms with E-state index in [1.807, 2.05) is 6.92 Å². The minimum Gasteiger partial charge on any atom is -0.506 e. The predicted molar refractivity (Wildman–Crippen MR) is 51.8 cm³/mol. The lowest BCUT2D eigenvalue weighted by Crippen LogP contribution is -1.88. The number of hydrogen-bond acceptors (Lipinski definition) is 2. The van der Waals surface area contributed by atoms with Gasteiger partial charge < -0.3 is 5.11 Å². The molecule has 0 amide bonds. The van der Waals surface area contributed by atoms with Crippen molar-refractivity contribution in [3.63, 3.8) is 0 Å². The maximum absolute atomic E-state index is 9.31. The Hall–Kier alpha value is -1.20. The van der Waals surface area contributed by atoms with E-state index in [0.717, 1.165) is 11.1 Å². The van der Waals surface area contributed by atoms with E-state index in [4.69, 9.17) is 16.9 Å². The Morgan fingerprint density at radius 1 is 1.54 bits per heavy atom. The number of halogens is 1. The van der Waals surface area contributed by atoms with Crippen LogP contribution in [0, 0.1) is 18.3 Å². The first kappa shape index (κ1) is 9.88. The summed E-state index contributed by atoms with van der Waals surface area (Å²) in [5, 5.41) is 18.1. The maximum Gasteiger partial charge on any atom is 0.134 e. The molecule has 0 aliphatic heterocycles. The molecule has 0 aromatic heterocycles. The fraction of sp³-hybridized carbons (Fsp3) is 0.300. The van der Waals surface area contributed by atoms with Gasteiger partial charge in [0.2, 0.25) is 0 Å². The van der Waals surface area contributed by atoms with E-state index in [1.165, 1.54) is 0 Å². The molecule has 1 aromatic rings. The lowest BCUT2D eigenvalue weighted by molar-refractivity contribution is 0.474. The first-order valence-electron chi connectivity index (χ1n) is 4.00. The zero-order valence-electron chi connectivity index (χ0n) is 7.34. The quantitative estimate of drug-likeness (QED) is 0.789. The monoisotopic (exact) mass is 195 g/mol. The van der Waals surface area contributed by atoms with E-state index in [9.17, 15) is 5.11 Å². The zero-order valence-corrected chi connectivity index (χ0v) is 8.10. The van der Waals surface area contributed by atoms with Crippen LogP contribution < -0.4 is 0 Å². The van der Waals surface area contributed by atoms with Crippen LogP contribution in [0.1, 0.15) is 17.5 Å². The molecule has 13 heavy (non-hydrogen) atoms. The Balaban J connectivity index is 2.96. The molecule has 0 bridgehead atoms. The first-order valence-corrected chi connectivity index (χ1v) is 4.38. The van der Waals surface area contributed by atoms with Gasteiger partial charge in [-0.3, -0.25) is 0 Å². The lowest BCUT2D eigenvalue weighted by Gasteiger charge is -2.05. The fourth-order valence-corrected chi connectivity index (χ4v) is 1.38. The van der Waals surface area contributed by atoms with E-state index in [2.05, 4.69) is 6.07 Å². The van der Waals surface area contributed by atoms with Gasteiger partial charge in [0.25, 0.3) is 0 Å². The van der Waals surface area contributed by atoms with Crippen molar-refractivity contribution in [2.45, 2.75) is 19.8 Å². The molecule has 1 rings (SSSR count). The van der Waals surface area contributed by atoms with E-state index in [-0.39, 0.29) is 5.75 Å². The third kappa shape index (κ3) is 2.37. The minimum atomic E-state index is 0.0835. The van der Waals surface area contributed by atoms with Crippen molar-refractivity contribution in [1.29, 1.82) is 5.26 Å². The standard InChI is InChI=1S/C10H10ClNO/c1-7-5-9(11)10(13)6-8(7)3-2-4-12/h5-6,13H,2-3H2,1H3. The molecule has 68 valence electrons. The number of nitriles is 1. The number of benzene rings is 1. The zero-order chi connectivity index (χ0) is 9.84. The van der Waals surface area contributed by atoms with Gasteiger partial charge in [-0.2, -0.15) is 5.26 Å². The van der Waals surface area contributed by atoms with E-state index < -0.39 is 0 Å². The molecule has 0 spiro atoms. The second kappa shape index (κ2) is 4.15. The number of rotatable bonds is 2. The molecular formula is C10H10ClNO. The minimum absolute atomic E-state index is 0.0835. The normalized spacial score (nSPS) is 9.62. The maximum atomic E-state index is 9.31. The van der Waals surface area contributed by atoms with Gasteiger partial charge in [0.15, 0.2) is 0 Å².